The van der Waals surface area contributed by atoms with Gasteiger partial charge in [0.2, 0.25) is 11.8 Å². The Hall–Kier alpha value is -4.62. The first-order valence-electron chi connectivity index (χ1n) is 12.3. The van der Waals surface area contributed by atoms with Gasteiger partial charge in [-0.05, 0) is 61.2 Å². The van der Waals surface area contributed by atoms with Gasteiger partial charge in [0.25, 0.3) is 5.91 Å². The molecule has 1 aliphatic heterocycles. The number of fused-ring (bicyclic) bond motifs is 1. The predicted molar refractivity (Wildman–Crippen MR) is 153 cm³/mol. The summed E-state index contributed by atoms with van der Waals surface area (Å²) >= 11 is 6.14. The summed E-state index contributed by atoms with van der Waals surface area (Å²) < 4.78 is 4.59. The van der Waals surface area contributed by atoms with Crippen LogP contribution in [0.15, 0.2) is 53.7 Å². The van der Waals surface area contributed by atoms with E-state index >= 15 is 0 Å². The van der Waals surface area contributed by atoms with Crippen LogP contribution in [0.4, 0.5) is 21.9 Å². The van der Waals surface area contributed by atoms with Gasteiger partial charge in [-0.25, -0.2) is 10.6 Å². The predicted octanol–water partition coefficient (Wildman–Crippen LogP) is 2.24. The molecule has 212 valence electrons. The molecule has 14 heteroatoms. The highest BCUT2D eigenvalue weighted by Gasteiger charge is 2.23. The first-order chi connectivity index (χ1) is 19.2. The number of carbonyl (C=O) groups is 4. The number of hydrogen-bond acceptors (Lipinski definition) is 8. The number of carbonyl (C=O) groups excluding carboxylic acids is 4. The minimum atomic E-state index is -0.895. The van der Waals surface area contributed by atoms with E-state index in [1.54, 1.807) is 30.4 Å². The van der Waals surface area contributed by atoms with E-state index in [1.165, 1.54) is 36.7 Å². The Labute approximate surface area is 235 Å². The highest BCUT2D eigenvalue weighted by atomic mass is 35.5. The van der Waals surface area contributed by atoms with Crippen molar-refractivity contribution in [1.29, 1.82) is 0 Å². The van der Waals surface area contributed by atoms with Gasteiger partial charge in [-0.1, -0.05) is 23.8 Å². The SMILES string of the molecule is COC(=O)Nc1ccc2c(c1)NC(=O)CC/C=C/CC(C(=O)NCCc1cc(Cl)ccc1N(N)/C=N\N)NC2=O. The Kier molecular flexibility index (Phi) is 10.9. The zero-order chi connectivity index (χ0) is 29.1. The normalized spacial score (nSPS) is 16.4. The number of nitrogens with one attached hydrogen (secondary N) is 4. The van der Waals surface area contributed by atoms with Crippen LogP contribution in [0.25, 0.3) is 0 Å². The number of benzene rings is 2. The number of rotatable bonds is 7. The van der Waals surface area contributed by atoms with E-state index in [1.807, 2.05) is 0 Å². The Morgan fingerprint density at radius 2 is 2.02 bits per heavy atom. The number of methoxy groups -OCH3 is 1. The van der Waals surface area contributed by atoms with Gasteiger partial charge in [0.15, 0.2) is 0 Å². The molecule has 40 heavy (non-hydrogen) atoms. The summed E-state index contributed by atoms with van der Waals surface area (Å²) in [5.41, 5.74) is 1.98. The number of hydrogen-bond donors (Lipinski definition) is 6. The van der Waals surface area contributed by atoms with E-state index in [-0.39, 0.29) is 36.5 Å². The van der Waals surface area contributed by atoms with Crippen molar-refractivity contribution >= 4 is 58.8 Å². The third-order valence-electron chi connectivity index (χ3n) is 5.87. The molecule has 0 aromatic heterocycles. The van der Waals surface area contributed by atoms with Gasteiger partial charge in [-0.2, -0.15) is 5.10 Å². The standard InChI is InChI=1S/C26H31ClN8O5/c1-40-26(39)32-18-8-9-19-21(14-18)33-23(36)6-4-2-3-5-20(34-24(19)37)25(38)30-12-11-16-13-17(27)7-10-22(16)35(29)15-31-28/h2-3,7-10,13-15,20H,4-6,11-12,28-29H2,1H3,(H,30,38)(H,32,39)(H,33,36)(H,34,37)/b3-2+,31-15-. The Balaban J connectivity index is 1.76. The van der Waals surface area contributed by atoms with Crippen LogP contribution in [0, 0.1) is 0 Å². The smallest absolute Gasteiger partial charge is 0.411 e. The summed E-state index contributed by atoms with van der Waals surface area (Å²) in [7, 11) is 1.22. The molecule has 13 nitrogen and oxygen atoms in total. The molecular weight excluding hydrogens is 540 g/mol. The molecule has 0 spiro atoms. The first-order valence-corrected chi connectivity index (χ1v) is 12.7. The van der Waals surface area contributed by atoms with Crippen LogP contribution >= 0.6 is 11.6 Å². The third kappa shape index (κ3) is 8.44. The average molecular weight is 571 g/mol. The molecule has 0 fully saturated rings. The largest absolute Gasteiger partial charge is 0.453 e. The zero-order valence-electron chi connectivity index (χ0n) is 21.8. The van der Waals surface area contributed by atoms with E-state index in [0.29, 0.717) is 29.2 Å². The summed E-state index contributed by atoms with van der Waals surface area (Å²) in [4.78, 5) is 50.3. The zero-order valence-corrected chi connectivity index (χ0v) is 22.5. The van der Waals surface area contributed by atoms with Crippen molar-refractivity contribution in [3.05, 3.63) is 64.7 Å². The Morgan fingerprint density at radius 1 is 1.23 bits per heavy atom. The minimum absolute atomic E-state index is 0.124. The van der Waals surface area contributed by atoms with E-state index in [2.05, 4.69) is 31.1 Å². The van der Waals surface area contributed by atoms with E-state index in [9.17, 15) is 19.2 Å². The fourth-order valence-electron chi connectivity index (χ4n) is 3.92. The first kappa shape index (κ1) is 29.9. The van der Waals surface area contributed by atoms with E-state index < -0.39 is 23.9 Å². The monoisotopic (exact) mass is 570 g/mol. The van der Waals surface area contributed by atoms with Gasteiger partial charge in [-0.3, -0.25) is 24.7 Å². The molecular formula is C26H31ClN8O5. The van der Waals surface area contributed by atoms with Gasteiger partial charge in [-0.15, -0.1) is 0 Å². The van der Waals surface area contributed by atoms with Crippen LogP contribution in [-0.4, -0.2) is 49.8 Å². The molecule has 0 bridgehead atoms. The second kappa shape index (κ2) is 14.5. The van der Waals surface area contributed by atoms with Crippen molar-refractivity contribution in [2.24, 2.45) is 16.8 Å². The summed E-state index contributed by atoms with van der Waals surface area (Å²) in [5.74, 6) is 9.87. The molecule has 0 radical (unpaired) electrons. The maximum Gasteiger partial charge on any atom is 0.411 e. The van der Waals surface area contributed by atoms with Crippen molar-refractivity contribution in [2.45, 2.75) is 31.7 Å². The van der Waals surface area contributed by atoms with E-state index in [0.717, 1.165) is 5.56 Å². The number of hydrazine groups is 1. The lowest BCUT2D eigenvalue weighted by molar-refractivity contribution is -0.123. The van der Waals surface area contributed by atoms with Crippen molar-refractivity contribution < 1.29 is 23.9 Å². The van der Waals surface area contributed by atoms with Crippen LogP contribution in [0.1, 0.15) is 35.2 Å². The Bertz CT molecular complexity index is 1320. The molecule has 0 saturated heterocycles. The van der Waals surface area contributed by atoms with Gasteiger partial charge in [0, 0.05) is 23.7 Å². The van der Waals surface area contributed by atoms with Crippen LogP contribution in [0.2, 0.25) is 5.02 Å². The summed E-state index contributed by atoms with van der Waals surface area (Å²) in [6.45, 7) is 0.227. The van der Waals surface area contributed by atoms with Gasteiger partial charge >= 0.3 is 6.09 Å². The van der Waals surface area contributed by atoms with Crippen molar-refractivity contribution in [2.75, 3.05) is 29.3 Å². The molecule has 1 unspecified atom stereocenters. The van der Waals surface area contributed by atoms with E-state index in [4.69, 9.17) is 23.3 Å². The molecule has 0 saturated carbocycles. The summed E-state index contributed by atoms with van der Waals surface area (Å²) in [6.07, 6.45) is 5.25. The maximum atomic E-state index is 13.2. The number of nitrogens with zero attached hydrogens (tertiary/aromatic N) is 2. The Morgan fingerprint density at radius 3 is 2.77 bits per heavy atom. The lowest BCUT2D eigenvalue weighted by atomic mass is 10.1. The molecule has 0 aliphatic carbocycles. The maximum absolute atomic E-state index is 13.2. The average Bonchev–Trinajstić information content (AvgIpc) is 2.91. The minimum Gasteiger partial charge on any atom is -0.453 e. The molecule has 4 amide bonds. The highest BCUT2D eigenvalue weighted by Crippen LogP contribution is 2.24. The van der Waals surface area contributed by atoms with Gasteiger partial charge < -0.3 is 26.5 Å². The van der Waals surface area contributed by atoms with Crippen LogP contribution < -0.4 is 38.0 Å². The second-order valence-electron chi connectivity index (χ2n) is 8.68. The molecule has 3 rings (SSSR count). The number of ether oxygens (including phenoxy) is 1. The molecule has 1 atom stereocenters. The lowest BCUT2D eigenvalue weighted by Crippen LogP contribution is -2.47. The number of hydrazone groups is 1. The summed E-state index contributed by atoms with van der Waals surface area (Å²) in [6, 6.07) is 8.58. The lowest BCUT2D eigenvalue weighted by Gasteiger charge is -2.20. The van der Waals surface area contributed by atoms with Crippen molar-refractivity contribution in [3.63, 3.8) is 0 Å². The topological polar surface area (TPSA) is 193 Å². The van der Waals surface area contributed by atoms with Crippen molar-refractivity contribution in [3.8, 4) is 0 Å². The fourth-order valence-corrected chi connectivity index (χ4v) is 4.12. The van der Waals surface area contributed by atoms with Crippen LogP contribution in [0.5, 0.6) is 0 Å². The molecule has 1 aliphatic rings. The second-order valence-corrected chi connectivity index (χ2v) is 9.12. The van der Waals surface area contributed by atoms with Gasteiger partial charge in [0.05, 0.1) is 24.0 Å². The summed E-state index contributed by atoms with van der Waals surface area (Å²) in [5, 5.41) is 15.9. The number of halogens is 1. The third-order valence-corrected chi connectivity index (χ3v) is 6.11. The molecule has 2 aromatic rings. The highest BCUT2D eigenvalue weighted by molar-refractivity contribution is 6.30. The quantitative estimate of drug-likeness (QED) is 0.0958. The molecule has 8 N–H and O–H groups in total. The van der Waals surface area contributed by atoms with Crippen LogP contribution in [-0.2, 0) is 20.7 Å². The van der Waals surface area contributed by atoms with Gasteiger partial charge in [0.1, 0.15) is 12.4 Å². The van der Waals surface area contributed by atoms with Crippen molar-refractivity contribution in [1.82, 2.24) is 10.6 Å². The number of anilines is 3. The number of nitrogens with two attached hydrogens (primary N) is 2. The van der Waals surface area contributed by atoms with Crippen LogP contribution in [0.3, 0.4) is 0 Å². The fraction of sp³-hybridized carbons (Fsp3) is 0.269. The molecule has 1 heterocycles. The molecule has 2 aromatic carbocycles. The number of amides is 4. The number of allylic oxidation sites excluding steroid dienone is 1.